The Labute approximate surface area is 121 Å². The number of amides is 1. The van der Waals surface area contributed by atoms with Crippen LogP contribution in [0.3, 0.4) is 0 Å². The minimum absolute atomic E-state index is 0.259. The molecule has 0 aromatic carbocycles. The summed E-state index contributed by atoms with van der Waals surface area (Å²) in [6, 6.07) is 0. The molecule has 0 radical (unpaired) electrons. The van der Waals surface area contributed by atoms with Crippen molar-refractivity contribution in [3.8, 4) is 0 Å². The molecule has 0 N–H and O–H groups in total. The quantitative estimate of drug-likeness (QED) is 0.796. The minimum Gasteiger partial charge on any atom is -0.342 e. The van der Waals surface area contributed by atoms with Crippen LogP contribution < -0.4 is 0 Å². The van der Waals surface area contributed by atoms with Crippen molar-refractivity contribution in [2.75, 3.05) is 32.7 Å². The van der Waals surface area contributed by atoms with Gasteiger partial charge in [0, 0.05) is 31.1 Å². The lowest BCUT2D eigenvalue weighted by atomic mass is 9.95. The number of hydrogen-bond donors (Lipinski definition) is 0. The van der Waals surface area contributed by atoms with Gasteiger partial charge in [0.1, 0.15) is 0 Å². The molecule has 108 valence electrons. The minimum atomic E-state index is 0.259. The van der Waals surface area contributed by atoms with E-state index in [-0.39, 0.29) is 5.92 Å². The molecule has 2 saturated heterocycles. The van der Waals surface area contributed by atoms with Gasteiger partial charge in [-0.2, -0.15) is 0 Å². The molecular formula is C15H25ClN2O. The van der Waals surface area contributed by atoms with Gasteiger partial charge in [-0.3, -0.25) is 9.69 Å². The van der Waals surface area contributed by atoms with Crippen LogP contribution in [0.5, 0.6) is 0 Å². The zero-order valence-electron chi connectivity index (χ0n) is 11.7. The Balaban J connectivity index is 1.78. The molecule has 3 nitrogen and oxygen atoms in total. The molecule has 0 bridgehead atoms. The van der Waals surface area contributed by atoms with E-state index in [0.717, 1.165) is 45.6 Å². The largest absolute Gasteiger partial charge is 0.342 e. The molecule has 2 heterocycles. The van der Waals surface area contributed by atoms with E-state index in [1.54, 1.807) is 5.54 Å². The molecule has 0 aliphatic carbocycles. The molecule has 1 amide bonds. The molecule has 0 atom stereocenters. The van der Waals surface area contributed by atoms with Crippen LogP contribution in [-0.2, 0) is 4.79 Å². The lowest BCUT2D eigenvalue weighted by molar-refractivity contribution is -0.137. The summed E-state index contributed by atoms with van der Waals surface area (Å²) < 4.78 is 0. The van der Waals surface area contributed by atoms with E-state index in [4.69, 9.17) is 11.6 Å². The molecule has 0 aromatic heterocycles. The Morgan fingerprint density at radius 3 is 2.26 bits per heavy atom. The van der Waals surface area contributed by atoms with Crippen molar-refractivity contribution in [3.05, 3.63) is 11.6 Å². The first-order chi connectivity index (χ1) is 9.31. The molecule has 19 heavy (non-hydrogen) atoms. The summed E-state index contributed by atoms with van der Waals surface area (Å²) in [5, 5.41) is 0. The van der Waals surface area contributed by atoms with E-state index in [2.05, 4.69) is 9.80 Å². The van der Waals surface area contributed by atoms with Gasteiger partial charge < -0.3 is 4.90 Å². The first kappa shape index (κ1) is 14.9. The van der Waals surface area contributed by atoms with Gasteiger partial charge in [-0.15, -0.1) is 0 Å². The van der Waals surface area contributed by atoms with Gasteiger partial charge in [0.05, 0.1) is 0 Å². The average molecular weight is 285 g/mol. The van der Waals surface area contributed by atoms with E-state index in [1.807, 2.05) is 6.08 Å². The molecule has 4 heteroatoms. The lowest BCUT2D eigenvalue weighted by Gasteiger charge is -2.33. The first-order valence-electron chi connectivity index (χ1n) is 7.57. The highest BCUT2D eigenvalue weighted by atomic mass is 35.5. The summed E-state index contributed by atoms with van der Waals surface area (Å²) in [4.78, 5) is 17.0. The summed E-state index contributed by atoms with van der Waals surface area (Å²) in [5.74, 6) is 0.670. The molecule has 0 unspecified atom stereocenters. The summed E-state index contributed by atoms with van der Waals surface area (Å²) in [6.07, 6.45) is 8.92. The Kier molecular flexibility index (Phi) is 6.18. The van der Waals surface area contributed by atoms with Crippen LogP contribution in [0.25, 0.3) is 0 Å². The maximum Gasteiger partial charge on any atom is 0.225 e. The summed E-state index contributed by atoms with van der Waals surface area (Å²) in [7, 11) is 0. The monoisotopic (exact) mass is 284 g/mol. The molecule has 0 aromatic rings. The third kappa shape index (κ3) is 4.50. The zero-order chi connectivity index (χ0) is 13.5. The Morgan fingerprint density at radius 2 is 1.68 bits per heavy atom. The maximum absolute atomic E-state index is 12.5. The van der Waals surface area contributed by atoms with Crippen molar-refractivity contribution in [1.82, 2.24) is 9.80 Å². The van der Waals surface area contributed by atoms with E-state index in [0.29, 0.717) is 5.91 Å². The van der Waals surface area contributed by atoms with Gasteiger partial charge in [-0.1, -0.05) is 30.5 Å². The number of nitrogens with zero attached hydrogens (tertiary/aromatic N) is 2. The first-order valence-corrected chi connectivity index (χ1v) is 8.01. The Bertz CT molecular complexity index is 303. The molecule has 2 rings (SSSR count). The van der Waals surface area contributed by atoms with Crippen molar-refractivity contribution >= 4 is 17.5 Å². The smallest absolute Gasteiger partial charge is 0.225 e. The fraction of sp³-hybridized carbons (Fsp3) is 0.800. The van der Waals surface area contributed by atoms with E-state index >= 15 is 0 Å². The van der Waals surface area contributed by atoms with Crippen LogP contribution in [0, 0.1) is 5.92 Å². The van der Waals surface area contributed by atoms with Crippen molar-refractivity contribution in [2.24, 2.45) is 5.92 Å². The van der Waals surface area contributed by atoms with Crippen molar-refractivity contribution < 1.29 is 4.79 Å². The van der Waals surface area contributed by atoms with Crippen LogP contribution in [-0.4, -0.2) is 48.4 Å². The van der Waals surface area contributed by atoms with Crippen LogP contribution in [0.4, 0.5) is 0 Å². The number of halogens is 1. The fourth-order valence-electron chi connectivity index (χ4n) is 3.10. The zero-order valence-corrected chi connectivity index (χ0v) is 12.4. The van der Waals surface area contributed by atoms with Crippen LogP contribution in [0.2, 0.25) is 0 Å². The number of carbonyl (C=O) groups excluding carboxylic acids is 1. The SMILES string of the molecule is O=C(C1CCN(C/C=C/Cl)CC1)N1CCCCCC1. The topological polar surface area (TPSA) is 23.6 Å². The Hall–Kier alpha value is -0.540. The van der Waals surface area contributed by atoms with Gasteiger partial charge in [0.15, 0.2) is 0 Å². The normalized spacial score (nSPS) is 23.7. The highest BCUT2D eigenvalue weighted by Crippen LogP contribution is 2.21. The second-order valence-corrected chi connectivity index (χ2v) is 5.93. The van der Waals surface area contributed by atoms with E-state index < -0.39 is 0 Å². The van der Waals surface area contributed by atoms with Crippen LogP contribution in [0.1, 0.15) is 38.5 Å². The van der Waals surface area contributed by atoms with E-state index in [1.165, 1.54) is 25.7 Å². The molecule has 0 spiro atoms. The van der Waals surface area contributed by atoms with Gasteiger partial charge in [0.25, 0.3) is 0 Å². The Morgan fingerprint density at radius 1 is 1.05 bits per heavy atom. The van der Waals surface area contributed by atoms with Crippen LogP contribution >= 0.6 is 11.6 Å². The fourth-order valence-corrected chi connectivity index (χ4v) is 3.18. The number of likely N-dealkylation sites (tertiary alicyclic amines) is 2. The highest BCUT2D eigenvalue weighted by molar-refractivity contribution is 6.25. The number of rotatable bonds is 3. The average Bonchev–Trinajstić information content (AvgIpc) is 2.74. The molecule has 0 saturated carbocycles. The second-order valence-electron chi connectivity index (χ2n) is 5.68. The molecule has 2 aliphatic rings. The predicted molar refractivity (Wildman–Crippen MR) is 79.2 cm³/mol. The lowest BCUT2D eigenvalue weighted by Crippen LogP contribution is -2.42. The molecule has 2 fully saturated rings. The van der Waals surface area contributed by atoms with Gasteiger partial charge in [-0.05, 0) is 38.8 Å². The van der Waals surface area contributed by atoms with Crippen molar-refractivity contribution in [2.45, 2.75) is 38.5 Å². The van der Waals surface area contributed by atoms with Gasteiger partial charge in [-0.25, -0.2) is 0 Å². The van der Waals surface area contributed by atoms with Gasteiger partial charge in [0.2, 0.25) is 5.91 Å². The van der Waals surface area contributed by atoms with E-state index in [9.17, 15) is 4.79 Å². The number of carbonyl (C=O) groups is 1. The summed E-state index contributed by atoms with van der Waals surface area (Å²) >= 11 is 5.55. The molecule has 2 aliphatic heterocycles. The summed E-state index contributed by atoms with van der Waals surface area (Å²) in [5.41, 5.74) is 1.58. The number of piperidine rings is 1. The summed E-state index contributed by atoms with van der Waals surface area (Å²) in [6.45, 7) is 4.91. The second kappa shape index (κ2) is 7.91. The third-order valence-electron chi connectivity index (χ3n) is 4.31. The third-order valence-corrected chi connectivity index (χ3v) is 4.49. The standard InChI is InChI=1S/C15H25ClN2O/c16-8-5-9-17-12-6-14(7-13-17)15(19)18-10-3-1-2-4-11-18/h5,8,14H,1-4,6-7,9-13H2/b8-5+. The predicted octanol–water partition coefficient (Wildman–Crippen LogP) is 2.85. The van der Waals surface area contributed by atoms with Gasteiger partial charge >= 0.3 is 0 Å². The highest BCUT2D eigenvalue weighted by Gasteiger charge is 2.28. The van der Waals surface area contributed by atoms with Crippen molar-refractivity contribution in [3.63, 3.8) is 0 Å². The van der Waals surface area contributed by atoms with Crippen LogP contribution in [0.15, 0.2) is 11.6 Å². The molecular weight excluding hydrogens is 260 g/mol. The van der Waals surface area contributed by atoms with Crippen molar-refractivity contribution in [1.29, 1.82) is 0 Å². The maximum atomic E-state index is 12.5. The number of hydrogen-bond acceptors (Lipinski definition) is 2.